The van der Waals surface area contributed by atoms with Gasteiger partial charge < -0.3 is 4.74 Å². The van der Waals surface area contributed by atoms with Gasteiger partial charge in [0.1, 0.15) is 5.75 Å². The molecule has 20 heavy (non-hydrogen) atoms. The highest BCUT2D eigenvalue weighted by atomic mass is 127. The highest BCUT2D eigenvalue weighted by Gasteiger charge is 2.40. The maximum absolute atomic E-state index is 12.6. The molecule has 0 spiro atoms. The zero-order valence-corrected chi connectivity index (χ0v) is 13.4. The predicted molar refractivity (Wildman–Crippen MR) is 79.8 cm³/mol. The molecule has 0 radical (unpaired) electrons. The summed E-state index contributed by atoms with van der Waals surface area (Å²) in [6.07, 6.45) is -3.63. The Bertz CT molecular complexity index is 456. The SMILES string of the molecule is COc1ccc(CN2CCC(C(F)(F)F)CC2)cc1I. The molecule has 112 valence electrons. The number of ether oxygens (including phenoxy) is 1. The Morgan fingerprint density at radius 3 is 2.45 bits per heavy atom. The van der Waals surface area contributed by atoms with Gasteiger partial charge in [0.25, 0.3) is 0 Å². The minimum absolute atomic E-state index is 0.205. The first-order valence-corrected chi connectivity index (χ1v) is 7.59. The maximum Gasteiger partial charge on any atom is 0.391 e. The van der Waals surface area contributed by atoms with Gasteiger partial charge in [-0.25, -0.2) is 0 Å². The van der Waals surface area contributed by atoms with E-state index in [9.17, 15) is 13.2 Å². The van der Waals surface area contributed by atoms with Crippen LogP contribution in [0.2, 0.25) is 0 Å². The average Bonchev–Trinajstić information content (AvgIpc) is 2.38. The Kier molecular flexibility index (Phi) is 5.17. The standard InChI is InChI=1S/C14H17F3INO/c1-20-13-3-2-10(8-12(13)18)9-19-6-4-11(5-7-19)14(15,16)17/h2-3,8,11H,4-7,9H2,1H3. The second-order valence-corrected chi connectivity index (χ2v) is 6.22. The van der Waals surface area contributed by atoms with E-state index < -0.39 is 12.1 Å². The van der Waals surface area contributed by atoms with Crippen molar-refractivity contribution in [1.29, 1.82) is 0 Å². The van der Waals surface area contributed by atoms with E-state index in [1.165, 1.54) is 0 Å². The van der Waals surface area contributed by atoms with Gasteiger partial charge in [-0.3, -0.25) is 4.90 Å². The first kappa shape index (κ1) is 15.9. The number of piperidine rings is 1. The molecule has 0 aliphatic carbocycles. The molecule has 1 aromatic rings. The second kappa shape index (κ2) is 6.51. The zero-order valence-electron chi connectivity index (χ0n) is 11.2. The normalized spacial score (nSPS) is 18.2. The number of alkyl halides is 3. The summed E-state index contributed by atoms with van der Waals surface area (Å²) in [5.41, 5.74) is 1.11. The Hall–Kier alpha value is -0.500. The number of hydrogen-bond acceptors (Lipinski definition) is 2. The van der Waals surface area contributed by atoms with Crippen molar-refractivity contribution < 1.29 is 17.9 Å². The van der Waals surface area contributed by atoms with E-state index >= 15 is 0 Å². The summed E-state index contributed by atoms with van der Waals surface area (Å²) < 4.78 is 44.0. The maximum atomic E-state index is 12.6. The molecule has 0 bridgehead atoms. The Labute approximate surface area is 130 Å². The molecule has 1 fully saturated rings. The van der Waals surface area contributed by atoms with Gasteiger partial charge in [0.05, 0.1) is 16.6 Å². The summed E-state index contributed by atoms with van der Waals surface area (Å²) in [4.78, 5) is 2.08. The van der Waals surface area contributed by atoms with Crippen LogP contribution >= 0.6 is 22.6 Å². The third-order valence-corrected chi connectivity index (χ3v) is 4.52. The summed E-state index contributed by atoms with van der Waals surface area (Å²) in [5, 5.41) is 0. The quantitative estimate of drug-likeness (QED) is 0.711. The topological polar surface area (TPSA) is 12.5 Å². The molecule has 0 N–H and O–H groups in total. The molecular formula is C14H17F3INO. The van der Waals surface area contributed by atoms with Crippen molar-refractivity contribution in [1.82, 2.24) is 4.90 Å². The smallest absolute Gasteiger partial charge is 0.391 e. The Balaban J connectivity index is 1.91. The molecule has 1 aromatic carbocycles. The van der Waals surface area contributed by atoms with E-state index in [1.807, 2.05) is 18.2 Å². The van der Waals surface area contributed by atoms with Crippen molar-refractivity contribution in [2.75, 3.05) is 20.2 Å². The number of benzene rings is 1. The number of halogens is 4. The lowest BCUT2D eigenvalue weighted by Gasteiger charge is -2.32. The van der Waals surface area contributed by atoms with Crippen LogP contribution in [0.15, 0.2) is 18.2 Å². The molecule has 0 atom stereocenters. The average molecular weight is 399 g/mol. The molecule has 1 aliphatic rings. The van der Waals surface area contributed by atoms with Crippen LogP contribution in [0.3, 0.4) is 0 Å². The van der Waals surface area contributed by atoms with E-state index in [-0.39, 0.29) is 12.8 Å². The van der Waals surface area contributed by atoms with Gasteiger partial charge in [0.15, 0.2) is 0 Å². The number of nitrogens with zero attached hydrogens (tertiary/aromatic N) is 1. The van der Waals surface area contributed by atoms with Crippen LogP contribution in [0, 0.1) is 9.49 Å². The van der Waals surface area contributed by atoms with Gasteiger partial charge in [0.2, 0.25) is 0 Å². The van der Waals surface area contributed by atoms with Crippen LogP contribution < -0.4 is 4.74 Å². The molecule has 0 aromatic heterocycles. The minimum Gasteiger partial charge on any atom is -0.496 e. The molecule has 1 aliphatic heterocycles. The van der Waals surface area contributed by atoms with Gasteiger partial charge >= 0.3 is 6.18 Å². The van der Waals surface area contributed by atoms with E-state index in [0.717, 1.165) is 14.9 Å². The van der Waals surface area contributed by atoms with Crippen LogP contribution in [-0.2, 0) is 6.54 Å². The molecule has 1 heterocycles. The summed E-state index contributed by atoms with van der Waals surface area (Å²) in [6, 6.07) is 5.89. The lowest BCUT2D eigenvalue weighted by atomic mass is 9.96. The van der Waals surface area contributed by atoms with Gasteiger partial charge in [-0.1, -0.05) is 6.07 Å². The molecule has 2 rings (SSSR count). The Morgan fingerprint density at radius 1 is 1.30 bits per heavy atom. The third kappa shape index (κ3) is 4.00. The molecule has 0 saturated carbocycles. The van der Waals surface area contributed by atoms with E-state index in [1.54, 1.807) is 7.11 Å². The summed E-state index contributed by atoms with van der Waals surface area (Å²) in [5.74, 6) is -0.306. The van der Waals surface area contributed by atoms with Crippen molar-refractivity contribution in [3.05, 3.63) is 27.3 Å². The lowest BCUT2D eigenvalue weighted by molar-refractivity contribution is -0.185. The zero-order chi connectivity index (χ0) is 14.8. The third-order valence-electron chi connectivity index (χ3n) is 3.67. The first-order chi connectivity index (χ1) is 9.40. The first-order valence-electron chi connectivity index (χ1n) is 6.51. The summed E-state index contributed by atoms with van der Waals surface area (Å²) in [6.45, 7) is 1.71. The fraction of sp³-hybridized carbons (Fsp3) is 0.571. The largest absolute Gasteiger partial charge is 0.496 e. The van der Waals surface area contributed by atoms with Crippen molar-refractivity contribution >= 4 is 22.6 Å². The minimum atomic E-state index is -4.04. The Morgan fingerprint density at radius 2 is 1.95 bits per heavy atom. The summed E-state index contributed by atoms with van der Waals surface area (Å²) >= 11 is 2.20. The number of likely N-dealkylation sites (tertiary alicyclic amines) is 1. The molecule has 2 nitrogen and oxygen atoms in total. The van der Waals surface area contributed by atoms with Gasteiger partial charge in [0, 0.05) is 6.54 Å². The van der Waals surface area contributed by atoms with E-state index in [4.69, 9.17) is 4.74 Å². The number of hydrogen-bond donors (Lipinski definition) is 0. The van der Waals surface area contributed by atoms with Gasteiger partial charge in [-0.15, -0.1) is 0 Å². The van der Waals surface area contributed by atoms with Crippen LogP contribution in [0.5, 0.6) is 5.75 Å². The van der Waals surface area contributed by atoms with E-state index in [2.05, 4.69) is 27.5 Å². The highest BCUT2D eigenvalue weighted by molar-refractivity contribution is 14.1. The lowest BCUT2D eigenvalue weighted by Crippen LogP contribution is -2.38. The van der Waals surface area contributed by atoms with Crippen molar-refractivity contribution in [2.24, 2.45) is 5.92 Å². The van der Waals surface area contributed by atoms with E-state index in [0.29, 0.717) is 19.6 Å². The fourth-order valence-corrected chi connectivity index (χ4v) is 3.28. The second-order valence-electron chi connectivity index (χ2n) is 5.06. The van der Waals surface area contributed by atoms with Crippen LogP contribution in [-0.4, -0.2) is 31.3 Å². The van der Waals surface area contributed by atoms with Crippen molar-refractivity contribution in [3.8, 4) is 5.75 Å². The van der Waals surface area contributed by atoms with Crippen LogP contribution in [0.25, 0.3) is 0 Å². The van der Waals surface area contributed by atoms with Gasteiger partial charge in [-0.2, -0.15) is 13.2 Å². The fourth-order valence-electron chi connectivity index (χ4n) is 2.48. The summed E-state index contributed by atoms with van der Waals surface area (Å²) in [7, 11) is 1.62. The molecule has 1 saturated heterocycles. The van der Waals surface area contributed by atoms with Crippen molar-refractivity contribution in [3.63, 3.8) is 0 Å². The van der Waals surface area contributed by atoms with Crippen LogP contribution in [0.1, 0.15) is 18.4 Å². The molecule has 6 heteroatoms. The number of methoxy groups -OCH3 is 1. The van der Waals surface area contributed by atoms with Crippen molar-refractivity contribution in [2.45, 2.75) is 25.6 Å². The number of rotatable bonds is 3. The monoisotopic (exact) mass is 399 g/mol. The molecule has 0 unspecified atom stereocenters. The highest BCUT2D eigenvalue weighted by Crippen LogP contribution is 2.34. The molecular weight excluding hydrogens is 382 g/mol. The van der Waals surface area contributed by atoms with Crippen LogP contribution in [0.4, 0.5) is 13.2 Å². The van der Waals surface area contributed by atoms with Gasteiger partial charge in [-0.05, 0) is 66.2 Å². The molecule has 0 amide bonds. The predicted octanol–water partition coefficient (Wildman–Crippen LogP) is 4.07.